The molecular weight excluding hydrogens is 524 g/mol. The minimum atomic E-state index is -4.38. The SMILES string of the molecule is CCNC(=NCc1cccc(C(F)(F)F)c1)NCCNC(=O)c1ccc(OC)cc1.I. The van der Waals surface area contributed by atoms with Gasteiger partial charge in [-0.15, -0.1) is 24.0 Å². The van der Waals surface area contributed by atoms with Crippen LogP contribution in [0.25, 0.3) is 0 Å². The van der Waals surface area contributed by atoms with Crippen molar-refractivity contribution in [3.05, 3.63) is 65.2 Å². The maximum absolute atomic E-state index is 12.8. The van der Waals surface area contributed by atoms with Crippen LogP contribution >= 0.6 is 24.0 Å². The van der Waals surface area contributed by atoms with E-state index in [0.717, 1.165) is 12.1 Å². The molecule has 0 fully saturated rings. The number of rotatable bonds is 8. The van der Waals surface area contributed by atoms with E-state index in [2.05, 4.69) is 20.9 Å². The number of carbonyl (C=O) groups is 1. The standard InChI is InChI=1S/C21H25F3N4O2.HI/c1-3-25-20(28-14-15-5-4-6-17(13-15)21(22,23)24)27-12-11-26-19(29)16-7-9-18(30-2)10-8-16;/h4-10,13H,3,11-12,14H2,1-2H3,(H,26,29)(H2,25,27,28);1H. The van der Waals surface area contributed by atoms with Crippen molar-refractivity contribution in [2.24, 2.45) is 4.99 Å². The lowest BCUT2D eigenvalue weighted by Gasteiger charge is -2.12. The number of nitrogens with zero attached hydrogens (tertiary/aromatic N) is 1. The number of methoxy groups -OCH3 is 1. The Morgan fingerprint density at radius 3 is 2.32 bits per heavy atom. The number of nitrogens with one attached hydrogen (secondary N) is 3. The quantitative estimate of drug-likeness (QED) is 0.202. The van der Waals surface area contributed by atoms with E-state index < -0.39 is 11.7 Å². The molecule has 0 aliphatic heterocycles. The van der Waals surface area contributed by atoms with E-state index in [1.807, 2.05) is 6.92 Å². The van der Waals surface area contributed by atoms with Crippen molar-refractivity contribution in [3.63, 3.8) is 0 Å². The number of halogens is 4. The predicted molar refractivity (Wildman–Crippen MR) is 125 cm³/mol. The Bertz CT molecular complexity index is 858. The van der Waals surface area contributed by atoms with Gasteiger partial charge in [-0.2, -0.15) is 13.2 Å². The van der Waals surface area contributed by atoms with Crippen molar-refractivity contribution in [2.75, 3.05) is 26.7 Å². The first kappa shape index (κ1) is 26.5. The molecule has 6 nitrogen and oxygen atoms in total. The number of aliphatic imine (C=N–C) groups is 1. The van der Waals surface area contributed by atoms with Crippen molar-refractivity contribution in [1.29, 1.82) is 0 Å². The van der Waals surface area contributed by atoms with Gasteiger partial charge in [0.15, 0.2) is 5.96 Å². The Morgan fingerprint density at radius 1 is 1.03 bits per heavy atom. The molecule has 0 radical (unpaired) electrons. The lowest BCUT2D eigenvalue weighted by molar-refractivity contribution is -0.137. The Balaban J connectivity index is 0.00000480. The lowest BCUT2D eigenvalue weighted by atomic mass is 10.1. The van der Waals surface area contributed by atoms with Gasteiger partial charge in [0.25, 0.3) is 5.91 Å². The van der Waals surface area contributed by atoms with Crippen LogP contribution in [0.5, 0.6) is 5.75 Å². The van der Waals surface area contributed by atoms with Crippen molar-refractivity contribution >= 4 is 35.8 Å². The molecule has 0 saturated heterocycles. The normalized spacial score (nSPS) is 11.3. The monoisotopic (exact) mass is 550 g/mol. The summed E-state index contributed by atoms with van der Waals surface area (Å²) < 4.78 is 43.5. The largest absolute Gasteiger partial charge is 0.497 e. The summed E-state index contributed by atoms with van der Waals surface area (Å²) in [6.07, 6.45) is -4.38. The molecule has 0 heterocycles. The molecule has 10 heteroatoms. The average molecular weight is 550 g/mol. The van der Waals surface area contributed by atoms with Gasteiger partial charge in [-0.1, -0.05) is 12.1 Å². The van der Waals surface area contributed by atoms with Gasteiger partial charge in [-0.05, 0) is 48.9 Å². The maximum Gasteiger partial charge on any atom is 0.416 e. The molecule has 170 valence electrons. The van der Waals surface area contributed by atoms with E-state index in [-0.39, 0.29) is 36.4 Å². The topological polar surface area (TPSA) is 74.8 Å². The smallest absolute Gasteiger partial charge is 0.416 e. The van der Waals surface area contributed by atoms with Crippen LogP contribution in [-0.4, -0.2) is 38.6 Å². The third-order valence-corrected chi connectivity index (χ3v) is 4.07. The fourth-order valence-electron chi connectivity index (χ4n) is 2.56. The second-order valence-electron chi connectivity index (χ2n) is 6.30. The summed E-state index contributed by atoms with van der Waals surface area (Å²) in [5.41, 5.74) is 0.269. The Hall–Kier alpha value is -2.50. The van der Waals surface area contributed by atoms with Crippen LogP contribution in [-0.2, 0) is 12.7 Å². The van der Waals surface area contributed by atoms with Crippen molar-refractivity contribution in [2.45, 2.75) is 19.6 Å². The van der Waals surface area contributed by atoms with Crippen LogP contribution in [0.3, 0.4) is 0 Å². The van der Waals surface area contributed by atoms with Gasteiger partial charge in [-0.25, -0.2) is 4.99 Å². The first-order chi connectivity index (χ1) is 14.3. The zero-order chi connectivity index (χ0) is 22.0. The lowest BCUT2D eigenvalue weighted by Crippen LogP contribution is -2.41. The van der Waals surface area contributed by atoms with E-state index in [1.165, 1.54) is 6.07 Å². The fraction of sp³-hybridized carbons (Fsp3) is 0.333. The molecular formula is C21H26F3IN4O2. The third kappa shape index (κ3) is 9.03. The summed E-state index contributed by atoms with van der Waals surface area (Å²) in [4.78, 5) is 16.4. The molecule has 3 N–H and O–H groups in total. The molecule has 2 aromatic carbocycles. The number of carbonyl (C=O) groups excluding carboxylic acids is 1. The van der Waals surface area contributed by atoms with Crippen molar-refractivity contribution in [3.8, 4) is 5.75 Å². The van der Waals surface area contributed by atoms with Crippen LogP contribution in [0.2, 0.25) is 0 Å². The number of guanidine groups is 1. The molecule has 0 bridgehead atoms. The Labute approximate surface area is 196 Å². The van der Waals surface area contributed by atoms with Gasteiger partial charge >= 0.3 is 6.18 Å². The molecule has 0 atom stereocenters. The van der Waals surface area contributed by atoms with Crippen LogP contribution in [0.4, 0.5) is 13.2 Å². The predicted octanol–water partition coefficient (Wildman–Crippen LogP) is 3.82. The summed E-state index contributed by atoms with van der Waals surface area (Å²) >= 11 is 0. The van der Waals surface area contributed by atoms with Crippen molar-refractivity contribution < 1.29 is 22.7 Å². The average Bonchev–Trinajstić information content (AvgIpc) is 2.74. The van der Waals surface area contributed by atoms with Gasteiger partial charge in [0.05, 0.1) is 19.2 Å². The zero-order valence-corrected chi connectivity index (χ0v) is 19.6. The van der Waals surface area contributed by atoms with Crippen LogP contribution in [0.1, 0.15) is 28.4 Å². The summed E-state index contributed by atoms with van der Waals surface area (Å²) in [6, 6.07) is 11.8. The first-order valence-electron chi connectivity index (χ1n) is 9.44. The summed E-state index contributed by atoms with van der Waals surface area (Å²) in [5.74, 6) is 0.902. The van der Waals surface area contributed by atoms with Gasteiger partial charge in [0.2, 0.25) is 0 Å². The van der Waals surface area contributed by atoms with E-state index in [4.69, 9.17) is 4.74 Å². The number of hydrogen-bond acceptors (Lipinski definition) is 3. The summed E-state index contributed by atoms with van der Waals surface area (Å²) in [5, 5.41) is 8.84. The van der Waals surface area contributed by atoms with Gasteiger partial charge in [0.1, 0.15) is 5.75 Å². The number of alkyl halides is 3. The minimum absolute atomic E-state index is 0. The molecule has 0 saturated carbocycles. The number of ether oxygens (including phenoxy) is 1. The van der Waals surface area contributed by atoms with Gasteiger partial charge in [-0.3, -0.25) is 4.79 Å². The number of benzene rings is 2. The number of hydrogen-bond donors (Lipinski definition) is 3. The molecule has 2 aromatic rings. The Kier molecular flexibility index (Phi) is 11.2. The van der Waals surface area contributed by atoms with Crippen LogP contribution in [0.15, 0.2) is 53.5 Å². The Morgan fingerprint density at radius 2 is 1.71 bits per heavy atom. The molecule has 0 aliphatic rings. The summed E-state index contributed by atoms with van der Waals surface area (Å²) in [6.45, 7) is 3.31. The molecule has 0 aromatic heterocycles. The molecule has 1 amide bonds. The first-order valence-corrected chi connectivity index (χ1v) is 9.44. The molecule has 31 heavy (non-hydrogen) atoms. The van der Waals surface area contributed by atoms with Crippen LogP contribution in [0, 0.1) is 0 Å². The van der Waals surface area contributed by atoms with E-state index >= 15 is 0 Å². The van der Waals surface area contributed by atoms with E-state index in [1.54, 1.807) is 37.4 Å². The number of amides is 1. The highest BCUT2D eigenvalue weighted by Crippen LogP contribution is 2.29. The van der Waals surface area contributed by atoms with Gasteiger partial charge in [0, 0.05) is 25.2 Å². The molecule has 2 rings (SSSR count). The maximum atomic E-state index is 12.8. The molecule has 0 aliphatic carbocycles. The highest BCUT2D eigenvalue weighted by atomic mass is 127. The van der Waals surface area contributed by atoms with E-state index in [0.29, 0.717) is 42.5 Å². The van der Waals surface area contributed by atoms with Crippen LogP contribution < -0.4 is 20.7 Å². The second-order valence-corrected chi connectivity index (χ2v) is 6.30. The summed E-state index contributed by atoms with van der Waals surface area (Å²) in [7, 11) is 1.55. The van der Waals surface area contributed by atoms with E-state index in [9.17, 15) is 18.0 Å². The molecule has 0 spiro atoms. The highest BCUT2D eigenvalue weighted by Gasteiger charge is 2.30. The van der Waals surface area contributed by atoms with Gasteiger partial charge < -0.3 is 20.7 Å². The second kappa shape index (κ2) is 13.0. The molecule has 0 unspecified atom stereocenters. The highest BCUT2D eigenvalue weighted by molar-refractivity contribution is 14.0. The third-order valence-electron chi connectivity index (χ3n) is 4.07. The fourth-order valence-corrected chi connectivity index (χ4v) is 2.56. The zero-order valence-electron chi connectivity index (χ0n) is 17.3. The minimum Gasteiger partial charge on any atom is -0.497 e. The van der Waals surface area contributed by atoms with Crippen molar-refractivity contribution in [1.82, 2.24) is 16.0 Å².